The third-order valence-electron chi connectivity index (χ3n) is 2.82. The summed E-state index contributed by atoms with van der Waals surface area (Å²) in [5, 5.41) is 8.56. The summed E-state index contributed by atoms with van der Waals surface area (Å²) in [6.45, 7) is 1.72. The van der Waals surface area contributed by atoms with Gasteiger partial charge in [0.2, 0.25) is 0 Å². The number of unbranched alkanes of at least 4 members (excludes halogenated alkanes) is 1. The highest BCUT2D eigenvalue weighted by Gasteiger charge is 2.05. The Morgan fingerprint density at radius 2 is 2.15 bits per heavy atom. The van der Waals surface area contributed by atoms with Crippen LogP contribution in [0.5, 0.6) is 5.75 Å². The van der Waals surface area contributed by atoms with Gasteiger partial charge in [-0.3, -0.25) is 9.59 Å². The highest BCUT2D eigenvalue weighted by atomic mass is 16.5. The molecule has 1 rings (SSSR count). The first-order chi connectivity index (χ1) is 9.50. The van der Waals surface area contributed by atoms with Crippen molar-refractivity contribution < 1.29 is 14.6 Å². The molecule has 1 heterocycles. The first-order valence-corrected chi connectivity index (χ1v) is 6.69. The lowest BCUT2D eigenvalue weighted by atomic mass is 10.2. The van der Waals surface area contributed by atoms with Gasteiger partial charge in [-0.15, -0.1) is 0 Å². The summed E-state index contributed by atoms with van der Waals surface area (Å²) >= 11 is 0. The molecule has 1 aromatic rings. The summed E-state index contributed by atoms with van der Waals surface area (Å²) in [6, 6.07) is 3.43. The van der Waals surface area contributed by atoms with Gasteiger partial charge in [0.1, 0.15) is 6.61 Å². The first-order valence-electron chi connectivity index (χ1n) is 6.69. The number of carboxylic acids is 1. The standard InChI is InChI=1S/C14H22N2O4/c1-15(2)10-11-20-12-6-5-9-16(14(12)19)8-4-3-7-13(17)18/h5-6,9H,3-4,7-8,10-11H2,1-2H3,(H,17,18). The normalized spacial score (nSPS) is 10.8. The molecule has 6 nitrogen and oxygen atoms in total. The van der Waals surface area contributed by atoms with Gasteiger partial charge in [0.25, 0.3) is 5.56 Å². The molecule has 1 N–H and O–H groups in total. The maximum absolute atomic E-state index is 12.1. The minimum absolute atomic E-state index is 0.133. The molecule has 0 amide bonds. The zero-order valence-corrected chi connectivity index (χ0v) is 12.0. The van der Waals surface area contributed by atoms with E-state index in [4.69, 9.17) is 9.84 Å². The number of nitrogens with zero attached hydrogens (tertiary/aromatic N) is 2. The van der Waals surface area contributed by atoms with Crippen molar-refractivity contribution in [3.05, 3.63) is 28.7 Å². The van der Waals surface area contributed by atoms with Crippen molar-refractivity contribution in [1.29, 1.82) is 0 Å². The topological polar surface area (TPSA) is 71.8 Å². The minimum Gasteiger partial charge on any atom is -0.487 e. The maximum atomic E-state index is 12.1. The van der Waals surface area contributed by atoms with Crippen LogP contribution in [0, 0.1) is 0 Å². The predicted octanol–water partition coefficient (Wildman–Crippen LogP) is 1.04. The molecule has 1 aromatic heterocycles. The molecule has 0 atom stereocenters. The highest BCUT2D eigenvalue weighted by Crippen LogP contribution is 2.04. The molecule has 6 heteroatoms. The Kier molecular flexibility index (Phi) is 6.79. The third kappa shape index (κ3) is 5.88. The number of carbonyl (C=O) groups is 1. The monoisotopic (exact) mass is 282 g/mol. The Hall–Kier alpha value is -1.82. The van der Waals surface area contributed by atoms with Gasteiger partial charge in [0, 0.05) is 25.7 Å². The number of carboxylic acid groups (broad SMARTS) is 1. The Labute approximate surface area is 118 Å². The van der Waals surface area contributed by atoms with Crippen LogP contribution in [-0.4, -0.2) is 47.8 Å². The smallest absolute Gasteiger partial charge is 0.303 e. The number of hydrogen-bond acceptors (Lipinski definition) is 4. The van der Waals surface area contributed by atoms with Gasteiger partial charge in [0.15, 0.2) is 5.75 Å². The number of aliphatic carboxylic acids is 1. The van der Waals surface area contributed by atoms with Crippen molar-refractivity contribution >= 4 is 5.97 Å². The largest absolute Gasteiger partial charge is 0.487 e. The number of likely N-dealkylation sites (N-methyl/N-ethyl adjacent to an activating group) is 1. The summed E-state index contributed by atoms with van der Waals surface area (Å²) in [7, 11) is 3.88. The number of hydrogen-bond donors (Lipinski definition) is 1. The lowest BCUT2D eigenvalue weighted by Crippen LogP contribution is -2.25. The van der Waals surface area contributed by atoms with Gasteiger partial charge in [-0.05, 0) is 39.1 Å². The molecule has 0 aliphatic carbocycles. The molecule has 112 valence electrons. The predicted molar refractivity (Wildman–Crippen MR) is 76.2 cm³/mol. The van der Waals surface area contributed by atoms with Crippen LogP contribution in [0.4, 0.5) is 0 Å². The molecule has 0 aliphatic rings. The molecule has 0 saturated heterocycles. The average Bonchev–Trinajstić information content (AvgIpc) is 2.37. The molecule has 0 fully saturated rings. The molecular weight excluding hydrogens is 260 g/mol. The third-order valence-corrected chi connectivity index (χ3v) is 2.82. The molecular formula is C14H22N2O4. The van der Waals surface area contributed by atoms with Crippen LogP contribution in [0.1, 0.15) is 19.3 Å². The van der Waals surface area contributed by atoms with Crippen LogP contribution in [0.3, 0.4) is 0 Å². The SMILES string of the molecule is CN(C)CCOc1cccn(CCCCC(=O)O)c1=O. The summed E-state index contributed by atoms with van der Waals surface area (Å²) < 4.78 is 7.03. The van der Waals surface area contributed by atoms with Crippen molar-refractivity contribution in [3.63, 3.8) is 0 Å². The van der Waals surface area contributed by atoms with E-state index in [1.807, 2.05) is 19.0 Å². The number of pyridine rings is 1. The molecule has 0 radical (unpaired) electrons. The fourth-order valence-corrected chi connectivity index (χ4v) is 1.70. The number of aryl methyl sites for hydroxylation is 1. The van der Waals surface area contributed by atoms with Crippen molar-refractivity contribution in [3.8, 4) is 5.75 Å². The van der Waals surface area contributed by atoms with Gasteiger partial charge in [-0.25, -0.2) is 0 Å². The van der Waals surface area contributed by atoms with E-state index in [0.717, 1.165) is 6.54 Å². The molecule has 0 aliphatic heterocycles. The van der Waals surface area contributed by atoms with Crippen molar-refractivity contribution in [2.24, 2.45) is 0 Å². The summed E-state index contributed by atoms with van der Waals surface area (Å²) in [5.74, 6) is -0.467. The van der Waals surface area contributed by atoms with E-state index < -0.39 is 5.97 Å². The van der Waals surface area contributed by atoms with Gasteiger partial charge in [-0.1, -0.05) is 0 Å². The molecule has 0 aromatic carbocycles. The van der Waals surface area contributed by atoms with Crippen LogP contribution in [-0.2, 0) is 11.3 Å². The van der Waals surface area contributed by atoms with E-state index in [9.17, 15) is 9.59 Å². The molecule has 0 unspecified atom stereocenters. The summed E-state index contributed by atoms with van der Waals surface area (Å²) in [5.41, 5.74) is -0.165. The second-order valence-electron chi connectivity index (χ2n) is 4.87. The number of ether oxygens (including phenoxy) is 1. The second kappa shape index (κ2) is 8.37. The van der Waals surface area contributed by atoms with E-state index in [1.54, 1.807) is 22.9 Å². The quantitative estimate of drug-likeness (QED) is 0.685. The zero-order chi connectivity index (χ0) is 15.0. The summed E-state index contributed by atoms with van der Waals surface area (Å²) in [4.78, 5) is 24.5. The van der Waals surface area contributed by atoms with Gasteiger partial charge < -0.3 is 19.3 Å². The minimum atomic E-state index is -0.807. The Balaban J connectivity index is 2.51. The zero-order valence-electron chi connectivity index (χ0n) is 12.0. The van der Waals surface area contributed by atoms with Crippen LogP contribution in [0.2, 0.25) is 0 Å². The number of rotatable bonds is 9. The maximum Gasteiger partial charge on any atom is 0.303 e. The Morgan fingerprint density at radius 3 is 2.80 bits per heavy atom. The van der Waals surface area contributed by atoms with Crippen LogP contribution >= 0.6 is 0 Å². The van der Waals surface area contributed by atoms with E-state index in [0.29, 0.717) is 31.7 Å². The fraction of sp³-hybridized carbons (Fsp3) is 0.571. The van der Waals surface area contributed by atoms with E-state index in [1.165, 1.54) is 0 Å². The van der Waals surface area contributed by atoms with Gasteiger partial charge in [0.05, 0.1) is 0 Å². The van der Waals surface area contributed by atoms with E-state index in [2.05, 4.69) is 0 Å². The van der Waals surface area contributed by atoms with Crippen LogP contribution in [0.25, 0.3) is 0 Å². The number of aromatic nitrogens is 1. The average molecular weight is 282 g/mol. The second-order valence-corrected chi connectivity index (χ2v) is 4.87. The molecule has 0 spiro atoms. The van der Waals surface area contributed by atoms with Crippen molar-refractivity contribution in [2.45, 2.75) is 25.8 Å². The fourth-order valence-electron chi connectivity index (χ4n) is 1.70. The molecule has 20 heavy (non-hydrogen) atoms. The van der Waals surface area contributed by atoms with E-state index in [-0.39, 0.29) is 12.0 Å². The van der Waals surface area contributed by atoms with Gasteiger partial charge >= 0.3 is 5.97 Å². The van der Waals surface area contributed by atoms with E-state index >= 15 is 0 Å². The molecule has 0 saturated carbocycles. The summed E-state index contributed by atoms with van der Waals surface area (Å²) in [6.07, 6.45) is 3.05. The Bertz CT molecular complexity index is 482. The van der Waals surface area contributed by atoms with Gasteiger partial charge in [-0.2, -0.15) is 0 Å². The highest BCUT2D eigenvalue weighted by molar-refractivity contribution is 5.66. The Morgan fingerprint density at radius 1 is 1.40 bits per heavy atom. The first kappa shape index (κ1) is 16.2. The van der Waals surface area contributed by atoms with Crippen molar-refractivity contribution in [1.82, 2.24) is 9.47 Å². The lowest BCUT2D eigenvalue weighted by molar-refractivity contribution is -0.137. The van der Waals surface area contributed by atoms with Crippen LogP contribution < -0.4 is 10.3 Å². The molecule has 0 bridgehead atoms. The van der Waals surface area contributed by atoms with Crippen molar-refractivity contribution in [2.75, 3.05) is 27.2 Å². The lowest BCUT2D eigenvalue weighted by Gasteiger charge is -2.12. The van der Waals surface area contributed by atoms with Crippen LogP contribution in [0.15, 0.2) is 23.1 Å².